The minimum atomic E-state index is 0.434. The van der Waals surface area contributed by atoms with E-state index in [9.17, 15) is 0 Å². The summed E-state index contributed by atoms with van der Waals surface area (Å²) in [5.74, 6) is 0. The van der Waals surface area contributed by atoms with Gasteiger partial charge in [-0.25, -0.2) is 0 Å². The largest absolute Gasteiger partial charge is 0.329 e. The van der Waals surface area contributed by atoms with Crippen molar-refractivity contribution in [3.63, 3.8) is 0 Å². The van der Waals surface area contributed by atoms with E-state index in [0.717, 1.165) is 0 Å². The van der Waals surface area contributed by atoms with E-state index in [1.165, 1.54) is 4.91 Å². The van der Waals surface area contributed by atoms with Crippen molar-refractivity contribution in [2.45, 2.75) is 5.25 Å². The molecule has 56 valence electrons. The molecule has 0 aromatic carbocycles. The Bertz CT molecular complexity index is 163. The van der Waals surface area contributed by atoms with Crippen molar-refractivity contribution in [2.75, 3.05) is 13.1 Å². The fraction of sp³-hybridized carbons (Fsp3) is 0.429. The molecule has 1 rings (SSSR count). The van der Waals surface area contributed by atoms with Gasteiger partial charge in [0.1, 0.15) is 0 Å². The lowest BCUT2D eigenvalue weighted by atomic mass is 10.3. The molecule has 0 fully saturated rings. The molecule has 0 aliphatic carbocycles. The lowest BCUT2D eigenvalue weighted by molar-refractivity contribution is 1.02. The maximum absolute atomic E-state index is 5.48. The molecule has 0 aromatic rings. The highest BCUT2D eigenvalue weighted by molar-refractivity contribution is 8.03. The predicted molar refractivity (Wildman–Crippen MR) is 46.7 cm³/mol. The van der Waals surface area contributed by atoms with Gasteiger partial charge in [-0.3, -0.25) is 0 Å². The van der Waals surface area contributed by atoms with Gasteiger partial charge in [0.05, 0.1) is 0 Å². The van der Waals surface area contributed by atoms with Crippen molar-refractivity contribution in [3.8, 4) is 0 Å². The van der Waals surface area contributed by atoms with Crippen molar-refractivity contribution in [1.29, 1.82) is 0 Å². The molecule has 0 saturated carbocycles. The molecule has 1 aliphatic rings. The maximum Gasteiger partial charge on any atom is 0.0397 e. The zero-order chi connectivity index (χ0) is 7.40. The highest BCUT2D eigenvalue weighted by Gasteiger charge is 2.07. The first-order valence-corrected chi connectivity index (χ1v) is 4.19. The lowest BCUT2D eigenvalue weighted by Crippen LogP contribution is -2.17. The summed E-state index contributed by atoms with van der Waals surface area (Å²) in [7, 11) is 0. The second kappa shape index (κ2) is 3.81. The smallest absolute Gasteiger partial charge is 0.0397 e. The van der Waals surface area contributed by atoms with E-state index in [0.29, 0.717) is 18.3 Å². The van der Waals surface area contributed by atoms with Crippen LogP contribution >= 0.6 is 11.8 Å². The standard InChI is InChI=1S/C7H12N2S/c8-4-6-2-1-3-7(5-9)10-6/h1-3,6H,4-5,8-9H2. The third-order valence-electron chi connectivity index (χ3n) is 1.34. The SMILES string of the molecule is NCC1=CC=CC(CN)S1. The van der Waals surface area contributed by atoms with Gasteiger partial charge in [-0.05, 0) is 4.91 Å². The van der Waals surface area contributed by atoms with Crippen LogP contribution < -0.4 is 11.5 Å². The van der Waals surface area contributed by atoms with Crippen LogP contribution in [0, 0.1) is 0 Å². The first kappa shape index (κ1) is 7.85. The second-order valence-corrected chi connectivity index (χ2v) is 3.48. The monoisotopic (exact) mass is 156 g/mol. The average molecular weight is 156 g/mol. The van der Waals surface area contributed by atoms with Crippen molar-refractivity contribution in [1.82, 2.24) is 0 Å². The summed E-state index contributed by atoms with van der Waals surface area (Å²) in [6.45, 7) is 1.32. The minimum Gasteiger partial charge on any atom is -0.329 e. The van der Waals surface area contributed by atoms with Crippen LogP contribution in [0.3, 0.4) is 0 Å². The molecule has 1 aliphatic heterocycles. The molecule has 4 N–H and O–H groups in total. The van der Waals surface area contributed by atoms with Crippen molar-refractivity contribution in [2.24, 2.45) is 11.5 Å². The molecule has 3 heteroatoms. The van der Waals surface area contributed by atoms with Crippen LogP contribution in [0.25, 0.3) is 0 Å². The normalized spacial score (nSPS) is 24.6. The molecule has 0 aromatic heterocycles. The van der Waals surface area contributed by atoms with Gasteiger partial charge in [0.25, 0.3) is 0 Å². The molecule has 0 radical (unpaired) electrons. The van der Waals surface area contributed by atoms with Gasteiger partial charge in [0.15, 0.2) is 0 Å². The van der Waals surface area contributed by atoms with E-state index in [1.807, 2.05) is 12.2 Å². The summed E-state index contributed by atoms with van der Waals surface area (Å²) in [6, 6.07) is 0. The Labute approximate surface area is 65.3 Å². The van der Waals surface area contributed by atoms with E-state index < -0.39 is 0 Å². The van der Waals surface area contributed by atoms with E-state index in [4.69, 9.17) is 11.5 Å². The third-order valence-corrected chi connectivity index (χ3v) is 2.60. The van der Waals surface area contributed by atoms with Crippen LogP contribution in [-0.4, -0.2) is 18.3 Å². The topological polar surface area (TPSA) is 52.0 Å². The molecular weight excluding hydrogens is 144 g/mol. The summed E-state index contributed by atoms with van der Waals surface area (Å²) in [5.41, 5.74) is 10.9. The highest BCUT2D eigenvalue weighted by Crippen LogP contribution is 2.24. The van der Waals surface area contributed by atoms with Crippen LogP contribution in [0.1, 0.15) is 0 Å². The molecule has 2 nitrogen and oxygen atoms in total. The summed E-state index contributed by atoms with van der Waals surface area (Å²) < 4.78 is 0. The van der Waals surface area contributed by atoms with Crippen LogP contribution in [0.5, 0.6) is 0 Å². The first-order chi connectivity index (χ1) is 4.86. The number of hydrogen-bond acceptors (Lipinski definition) is 3. The number of thioether (sulfide) groups is 1. The van der Waals surface area contributed by atoms with Gasteiger partial charge >= 0.3 is 0 Å². The molecule has 1 heterocycles. The summed E-state index contributed by atoms with van der Waals surface area (Å²) in [6.07, 6.45) is 6.16. The van der Waals surface area contributed by atoms with Gasteiger partial charge in [0, 0.05) is 18.3 Å². The molecule has 0 spiro atoms. The van der Waals surface area contributed by atoms with E-state index in [-0.39, 0.29) is 0 Å². The predicted octanol–water partition coefficient (Wildman–Crippen LogP) is 0.459. The average Bonchev–Trinajstić information content (AvgIpc) is 2.05. The van der Waals surface area contributed by atoms with Crippen LogP contribution in [-0.2, 0) is 0 Å². The zero-order valence-electron chi connectivity index (χ0n) is 5.79. The molecule has 10 heavy (non-hydrogen) atoms. The van der Waals surface area contributed by atoms with Gasteiger partial charge in [-0.2, -0.15) is 0 Å². The van der Waals surface area contributed by atoms with Crippen LogP contribution in [0.4, 0.5) is 0 Å². The maximum atomic E-state index is 5.48. The Hall–Kier alpha value is -0.250. The Morgan fingerprint density at radius 1 is 1.50 bits per heavy atom. The summed E-state index contributed by atoms with van der Waals surface area (Å²) >= 11 is 1.76. The lowest BCUT2D eigenvalue weighted by Gasteiger charge is -2.14. The highest BCUT2D eigenvalue weighted by atomic mass is 32.2. The van der Waals surface area contributed by atoms with Crippen molar-refractivity contribution >= 4 is 11.8 Å². The second-order valence-electron chi connectivity index (χ2n) is 2.11. The quantitative estimate of drug-likeness (QED) is 0.610. The third kappa shape index (κ3) is 1.87. The Balaban J connectivity index is 2.50. The first-order valence-electron chi connectivity index (χ1n) is 3.31. The fourth-order valence-corrected chi connectivity index (χ4v) is 1.71. The van der Waals surface area contributed by atoms with Crippen LogP contribution in [0.2, 0.25) is 0 Å². The minimum absolute atomic E-state index is 0.434. The van der Waals surface area contributed by atoms with Gasteiger partial charge in [0.2, 0.25) is 0 Å². The van der Waals surface area contributed by atoms with E-state index >= 15 is 0 Å². The van der Waals surface area contributed by atoms with Crippen LogP contribution in [0.15, 0.2) is 23.1 Å². The fourth-order valence-electron chi connectivity index (χ4n) is 0.803. The number of hydrogen-bond donors (Lipinski definition) is 2. The molecule has 0 saturated heterocycles. The van der Waals surface area contributed by atoms with Crippen molar-refractivity contribution in [3.05, 3.63) is 23.1 Å². The number of rotatable bonds is 2. The van der Waals surface area contributed by atoms with E-state index in [2.05, 4.69) is 6.08 Å². The number of allylic oxidation sites excluding steroid dienone is 2. The van der Waals surface area contributed by atoms with E-state index in [1.54, 1.807) is 11.8 Å². The molecule has 0 bridgehead atoms. The van der Waals surface area contributed by atoms with Gasteiger partial charge in [-0.15, -0.1) is 11.8 Å². The zero-order valence-corrected chi connectivity index (χ0v) is 6.60. The Morgan fingerprint density at radius 3 is 2.90 bits per heavy atom. The molecule has 1 unspecified atom stereocenters. The molecule has 0 amide bonds. The molecular formula is C7H12N2S. The molecule has 1 atom stereocenters. The Morgan fingerprint density at radius 2 is 2.30 bits per heavy atom. The number of nitrogens with two attached hydrogens (primary N) is 2. The summed E-state index contributed by atoms with van der Waals surface area (Å²) in [4.78, 5) is 1.22. The summed E-state index contributed by atoms with van der Waals surface area (Å²) in [5, 5.41) is 0.434. The Kier molecular flexibility index (Phi) is 2.99. The van der Waals surface area contributed by atoms with Crippen molar-refractivity contribution < 1.29 is 0 Å². The van der Waals surface area contributed by atoms with Gasteiger partial charge in [-0.1, -0.05) is 18.2 Å². The van der Waals surface area contributed by atoms with Gasteiger partial charge < -0.3 is 11.5 Å².